The third-order valence-electron chi connectivity index (χ3n) is 4.67. The lowest BCUT2D eigenvalue weighted by Gasteiger charge is -2.34. The number of aromatic amines is 1. The summed E-state index contributed by atoms with van der Waals surface area (Å²) in [7, 11) is 0. The van der Waals surface area contributed by atoms with Crippen LogP contribution in [0, 0.1) is 6.92 Å². The number of nitrogens with zero attached hydrogens (tertiary/aromatic N) is 5. The molecule has 1 fully saturated rings. The number of carbonyl (C=O) groups excluding carboxylic acids is 1. The molecule has 1 amide bonds. The molecule has 1 saturated heterocycles. The lowest BCUT2D eigenvalue weighted by Crippen LogP contribution is -2.49. The molecule has 0 radical (unpaired) electrons. The molecule has 11 heteroatoms. The molecule has 2 aromatic rings. The van der Waals surface area contributed by atoms with Crippen LogP contribution in [0.5, 0.6) is 0 Å². The average Bonchev–Trinajstić information content (AvgIpc) is 2.69. The van der Waals surface area contributed by atoms with E-state index in [4.69, 9.17) is 0 Å². The molecule has 156 valence electrons. The fourth-order valence-corrected chi connectivity index (χ4v) is 3.07. The van der Waals surface area contributed by atoms with Crippen molar-refractivity contribution in [3.8, 4) is 0 Å². The van der Waals surface area contributed by atoms with Gasteiger partial charge in [-0.15, -0.1) is 0 Å². The third-order valence-corrected chi connectivity index (χ3v) is 4.67. The van der Waals surface area contributed by atoms with E-state index in [-0.39, 0.29) is 24.4 Å². The standard InChI is InChI=1S/C18H21F3N6O2/c1-12-10-22-17(23-11-12)27-7-5-26(6-8-27)15(28)4-2-3-13-9-14(18(19,20)21)16(29)25-24-13/h9-11H,2-8H2,1H3,(H,25,29). The van der Waals surface area contributed by atoms with E-state index in [1.54, 1.807) is 17.3 Å². The van der Waals surface area contributed by atoms with E-state index in [1.807, 2.05) is 16.9 Å². The van der Waals surface area contributed by atoms with Crippen molar-refractivity contribution < 1.29 is 18.0 Å². The number of anilines is 1. The Kier molecular flexibility index (Phi) is 6.14. The Morgan fingerprint density at radius 1 is 1.17 bits per heavy atom. The maximum absolute atomic E-state index is 12.8. The Hall–Kier alpha value is -2.98. The lowest BCUT2D eigenvalue weighted by molar-refractivity contribution is -0.139. The lowest BCUT2D eigenvalue weighted by atomic mass is 10.1. The number of halogens is 3. The van der Waals surface area contributed by atoms with E-state index in [0.717, 1.165) is 11.6 Å². The molecule has 1 aliphatic rings. The summed E-state index contributed by atoms with van der Waals surface area (Å²) in [6, 6.07) is 0.740. The zero-order valence-corrected chi connectivity index (χ0v) is 15.9. The highest BCUT2D eigenvalue weighted by atomic mass is 19.4. The molecule has 1 aliphatic heterocycles. The number of aryl methyl sites for hydroxylation is 2. The molecule has 0 atom stereocenters. The Morgan fingerprint density at radius 2 is 1.83 bits per heavy atom. The van der Waals surface area contributed by atoms with Crippen molar-refractivity contribution in [3.05, 3.63) is 45.6 Å². The maximum Gasteiger partial charge on any atom is 0.421 e. The molecular weight excluding hydrogens is 389 g/mol. The number of alkyl halides is 3. The quantitative estimate of drug-likeness (QED) is 0.804. The van der Waals surface area contributed by atoms with Crippen LogP contribution in [0.3, 0.4) is 0 Å². The van der Waals surface area contributed by atoms with Gasteiger partial charge in [-0.2, -0.15) is 18.3 Å². The van der Waals surface area contributed by atoms with E-state index >= 15 is 0 Å². The topological polar surface area (TPSA) is 95.1 Å². The van der Waals surface area contributed by atoms with Gasteiger partial charge < -0.3 is 9.80 Å². The van der Waals surface area contributed by atoms with Crippen molar-refractivity contribution in [2.75, 3.05) is 31.1 Å². The predicted molar refractivity (Wildman–Crippen MR) is 98.4 cm³/mol. The zero-order chi connectivity index (χ0) is 21.0. The van der Waals surface area contributed by atoms with Gasteiger partial charge >= 0.3 is 6.18 Å². The van der Waals surface area contributed by atoms with Crippen LogP contribution in [0.2, 0.25) is 0 Å². The minimum atomic E-state index is -4.73. The summed E-state index contributed by atoms with van der Waals surface area (Å²) < 4.78 is 38.3. The fourth-order valence-electron chi connectivity index (χ4n) is 3.07. The van der Waals surface area contributed by atoms with Gasteiger partial charge in [0.2, 0.25) is 11.9 Å². The van der Waals surface area contributed by atoms with Gasteiger partial charge in [0, 0.05) is 45.0 Å². The molecule has 3 rings (SSSR count). The highest BCUT2D eigenvalue weighted by Gasteiger charge is 2.34. The summed E-state index contributed by atoms with van der Waals surface area (Å²) in [5, 5.41) is 5.49. The van der Waals surface area contributed by atoms with Crippen LogP contribution in [0.25, 0.3) is 0 Å². The van der Waals surface area contributed by atoms with Crippen molar-refractivity contribution in [2.45, 2.75) is 32.4 Å². The first-order chi connectivity index (χ1) is 13.7. The molecule has 0 spiro atoms. The second-order valence-electron chi connectivity index (χ2n) is 6.88. The minimum absolute atomic E-state index is 0.0602. The van der Waals surface area contributed by atoms with Gasteiger partial charge in [0.15, 0.2) is 0 Å². The summed E-state index contributed by atoms with van der Waals surface area (Å²) in [4.78, 5) is 35.9. The molecule has 0 bridgehead atoms. The van der Waals surface area contributed by atoms with Crippen LogP contribution in [0.4, 0.5) is 19.1 Å². The smallest absolute Gasteiger partial charge is 0.339 e. The number of nitrogens with one attached hydrogen (secondary N) is 1. The first-order valence-electron chi connectivity index (χ1n) is 9.21. The zero-order valence-electron chi connectivity index (χ0n) is 15.9. The van der Waals surface area contributed by atoms with Crippen molar-refractivity contribution >= 4 is 11.9 Å². The number of piperazine rings is 1. The van der Waals surface area contributed by atoms with Crippen molar-refractivity contribution in [1.29, 1.82) is 0 Å². The SMILES string of the molecule is Cc1cnc(N2CCN(C(=O)CCCc3cc(C(F)(F)F)c(=O)[nH]n3)CC2)nc1. The minimum Gasteiger partial charge on any atom is -0.339 e. The molecule has 2 aromatic heterocycles. The van der Waals surface area contributed by atoms with Crippen molar-refractivity contribution in [2.24, 2.45) is 0 Å². The van der Waals surface area contributed by atoms with Crippen LogP contribution in [0.1, 0.15) is 29.7 Å². The molecule has 8 nitrogen and oxygen atoms in total. The molecule has 0 unspecified atom stereocenters. The van der Waals surface area contributed by atoms with Gasteiger partial charge in [0.25, 0.3) is 5.56 Å². The Bertz CT molecular complexity index is 905. The average molecular weight is 410 g/mol. The molecule has 3 heterocycles. The summed E-state index contributed by atoms with van der Waals surface area (Å²) >= 11 is 0. The highest BCUT2D eigenvalue weighted by Crippen LogP contribution is 2.26. The number of hydrogen-bond donors (Lipinski definition) is 1. The summed E-state index contributed by atoms with van der Waals surface area (Å²) in [6.07, 6.45) is -0.534. The van der Waals surface area contributed by atoms with Crippen LogP contribution in [0.15, 0.2) is 23.3 Å². The second kappa shape index (κ2) is 8.58. The largest absolute Gasteiger partial charge is 0.421 e. The number of amides is 1. The predicted octanol–water partition coefficient (Wildman–Crippen LogP) is 1.56. The normalized spacial score (nSPS) is 14.9. The van der Waals surface area contributed by atoms with Crippen molar-refractivity contribution in [3.63, 3.8) is 0 Å². The van der Waals surface area contributed by atoms with Crippen LogP contribution < -0.4 is 10.5 Å². The summed E-state index contributed by atoms with van der Waals surface area (Å²) in [6.45, 7) is 4.21. The van der Waals surface area contributed by atoms with Crippen LogP contribution >= 0.6 is 0 Å². The van der Waals surface area contributed by atoms with E-state index in [0.29, 0.717) is 38.5 Å². The van der Waals surface area contributed by atoms with Gasteiger partial charge in [-0.25, -0.2) is 15.1 Å². The fraction of sp³-hybridized carbons (Fsp3) is 0.500. The number of hydrogen-bond acceptors (Lipinski definition) is 6. The van der Waals surface area contributed by atoms with Crippen LogP contribution in [-0.4, -0.2) is 57.2 Å². The molecule has 0 saturated carbocycles. The number of H-pyrrole nitrogens is 1. The maximum atomic E-state index is 12.8. The van der Waals surface area contributed by atoms with E-state index in [2.05, 4.69) is 15.1 Å². The first-order valence-corrected chi connectivity index (χ1v) is 9.21. The molecule has 1 N–H and O–H groups in total. The van der Waals surface area contributed by atoms with Gasteiger partial charge in [0.05, 0.1) is 5.69 Å². The number of rotatable bonds is 5. The monoisotopic (exact) mass is 410 g/mol. The Labute approximate surface area is 164 Å². The van der Waals surface area contributed by atoms with Crippen LogP contribution in [-0.2, 0) is 17.4 Å². The Morgan fingerprint density at radius 3 is 2.45 bits per heavy atom. The summed E-state index contributed by atoms with van der Waals surface area (Å²) in [5.41, 5.74) is -1.47. The number of carbonyl (C=O) groups is 1. The molecule has 0 aromatic carbocycles. The van der Waals surface area contributed by atoms with Gasteiger partial charge in [-0.1, -0.05) is 0 Å². The Balaban J connectivity index is 1.47. The van der Waals surface area contributed by atoms with Gasteiger partial charge in [-0.05, 0) is 31.4 Å². The third kappa shape index (κ3) is 5.30. The summed E-state index contributed by atoms with van der Waals surface area (Å²) in [5.74, 6) is 0.572. The van der Waals surface area contributed by atoms with Crippen molar-refractivity contribution in [1.82, 2.24) is 25.1 Å². The first kappa shape index (κ1) is 20.7. The van der Waals surface area contributed by atoms with E-state index in [1.165, 1.54) is 0 Å². The van der Waals surface area contributed by atoms with Gasteiger partial charge in [0.1, 0.15) is 5.56 Å². The van der Waals surface area contributed by atoms with Gasteiger partial charge in [-0.3, -0.25) is 9.59 Å². The number of aromatic nitrogens is 4. The highest BCUT2D eigenvalue weighted by molar-refractivity contribution is 5.76. The molecular formula is C18H21F3N6O2. The van der Waals surface area contributed by atoms with E-state index in [9.17, 15) is 22.8 Å². The van der Waals surface area contributed by atoms with E-state index < -0.39 is 17.3 Å². The molecule has 0 aliphatic carbocycles. The second-order valence-corrected chi connectivity index (χ2v) is 6.88. The molecule has 29 heavy (non-hydrogen) atoms.